The molecule has 0 saturated carbocycles. The van der Waals surface area contributed by atoms with Gasteiger partial charge in [0.25, 0.3) is 0 Å². The van der Waals surface area contributed by atoms with Gasteiger partial charge in [0.2, 0.25) is 10.0 Å². The molecule has 146 valence electrons. The number of benzene rings is 1. The van der Waals surface area contributed by atoms with E-state index in [-0.39, 0.29) is 16.6 Å². The molecule has 1 saturated heterocycles. The van der Waals surface area contributed by atoms with Crippen LogP contribution >= 0.6 is 0 Å². The first kappa shape index (κ1) is 21.0. The first-order chi connectivity index (χ1) is 13.0. The van der Waals surface area contributed by atoms with Crippen LogP contribution in [0.25, 0.3) is 0 Å². The van der Waals surface area contributed by atoms with Gasteiger partial charge < -0.3 is 9.47 Å². The van der Waals surface area contributed by atoms with Gasteiger partial charge in [-0.2, -0.15) is 14.8 Å². The summed E-state index contributed by atoms with van der Waals surface area (Å²) >= 11 is 0. The molecule has 1 unspecified atom stereocenters. The highest BCUT2D eigenvalue weighted by molar-refractivity contribution is 7.89. The maximum atomic E-state index is 13.0. The van der Waals surface area contributed by atoms with Crippen molar-refractivity contribution >= 4 is 10.0 Å². The molecule has 1 heterocycles. The van der Waals surface area contributed by atoms with E-state index < -0.39 is 10.0 Å². The van der Waals surface area contributed by atoms with Crippen LogP contribution in [-0.4, -0.2) is 64.6 Å². The van der Waals surface area contributed by atoms with Crippen LogP contribution in [0.2, 0.25) is 0 Å². The van der Waals surface area contributed by atoms with Gasteiger partial charge in [0, 0.05) is 45.2 Å². The lowest BCUT2D eigenvalue weighted by Gasteiger charge is -2.34. The Morgan fingerprint density at radius 1 is 1.15 bits per heavy atom. The van der Waals surface area contributed by atoms with Crippen molar-refractivity contribution in [3.05, 3.63) is 18.2 Å². The van der Waals surface area contributed by atoms with Crippen LogP contribution < -0.4 is 9.47 Å². The number of ether oxygens (including phenoxy) is 2. The Labute approximate surface area is 160 Å². The molecule has 1 fully saturated rings. The van der Waals surface area contributed by atoms with Crippen LogP contribution in [0.3, 0.4) is 0 Å². The highest BCUT2D eigenvalue weighted by Crippen LogP contribution is 2.31. The summed E-state index contributed by atoms with van der Waals surface area (Å²) in [5.41, 5.74) is 0. The number of methoxy groups -OCH3 is 2. The minimum atomic E-state index is -3.72. The molecule has 2 rings (SSSR count). The maximum Gasteiger partial charge on any atom is 0.246 e. The third-order valence-corrected chi connectivity index (χ3v) is 6.51. The SMILES string of the molecule is COc1ccc(OC)c(S(=O)(=O)N2CCN(CC(C#N)CCC#N)CC2)c1. The number of hydrogen-bond acceptors (Lipinski definition) is 7. The van der Waals surface area contributed by atoms with Gasteiger partial charge in [-0.25, -0.2) is 8.42 Å². The summed E-state index contributed by atoms with van der Waals surface area (Å²) in [6, 6.07) is 8.98. The van der Waals surface area contributed by atoms with Crippen molar-refractivity contribution in [1.29, 1.82) is 10.5 Å². The molecule has 1 aliphatic heterocycles. The van der Waals surface area contributed by atoms with E-state index in [1.54, 1.807) is 12.1 Å². The van der Waals surface area contributed by atoms with Crippen LogP contribution in [0, 0.1) is 28.6 Å². The van der Waals surface area contributed by atoms with Crippen molar-refractivity contribution in [2.24, 2.45) is 5.92 Å². The first-order valence-electron chi connectivity index (χ1n) is 8.67. The Bertz CT molecular complexity index is 821. The number of sulfonamides is 1. The Morgan fingerprint density at radius 2 is 1.85 bits per heavy atom. The Kier molecular flexibility index (Phi) is 7.43. The second-order valence-electron chi connectivity index (χ2n) is 6.24. The molecule has 9 heteroatoms. The van der Waals surface area contributed by atoms with E-state index in [1.165, 1.54) is 24.6 Å². The zero-order valence-electron chi connectivity index (χ0n) is 15.6. The predicted octanol–water partition coefficient (Wildman–Crippen LogP) is 1.45. The maximum absolute atomic E-state index is 13.0. The summed E-state index contributed by atoms with van der Waals surface area (Å²) in [6.45, 7) is 2.29. The van der Waals surface area contributed by atoms with E-state index in [2.05, 4.69) is 17.0 Å². The standard InChI is InChI=1S/C18H24N4O4S/c1-25-16-5-6-17(26-2)18(12-16)27(23,24)22-10-8-21(9-11-22)14-15(13-20)4-3-7-19/h5-6,12,15H,3-4,8-11,14H2,1-2H3. The van der Waals surface area contributed by atoms with Crippen LogP contribution in [-0.2, 0) is 10.0 Å². The molecule has 0 spiro atoms. The van der Waals surface area contributed by atoms with E-state index in [0.29, 0.717) is 51.3 Å². The topological polar surface area (TPSA) is 107 Å². The molecule has 0 amide bonds. The largest absolute Gasteiger partial charge is 0.497 e. The minimum absolute atomic E-state index is 0.0849. The fourth-order valence-electron chi connectivity index (χ4n) is 3.02. The third-order valence-electron chi connectivity index (χ3n) is 4.59. The summed E-state index contributed by atoms with van der Waals surface area (Å²) in [4.78, 5) is 2.15. The van der Waals surface area contributed by atoms with Gasteiger partial charge in [0.15, 0.2) is 0 Å². The highest BCUT2D eigenvalue weighted by Gasteiger charge is 2.31. The molecular formula is C18H24N4O4S. The molecule has 27 heavy (non-hydrogen) atoms. The average Bonchev–Trinajstić information content (AvgIpc) is 2.70. The number of rotatable bonds is 8. The van der Waals surface area contributed by atoms with Crippen molar-refractivity contribution in [1.82, 2.24) is 9.21 Å². The first-order valence-corrected chi connectivity index (χ1v) is 10.1. The van der Waals surface area contributed by atoms with Crippen LogP contribution in [0.1, 0.15) is 12.8 Å². The quantitative estimate of drug-likeness (QED) is 0.659. The number of piperazine rings is 1. The molecule has 8 nitrogen and oxygen atoms in total. The van der Waals surface area contributed by atoms with E-state index in [4.69, 9.17) is 14.7 Å². The lowest BCUT2D eigenvalue weighted by molar-refractivity contribution is 0.173. The van der Waals surface area contributed by atoms with Crippen LogP contribution in [0.4, 0.5) is 0 Å². The molecule has 0 bridgehead atoms. The molecule has 1 atom stereocenters. The lowest BCUT2D eigenvalue weighted by Crippen LogP contribution is -2.49. The summed E-state index contributed by atoms with van der Waals surface area (Å²) in [5, 5.41) is 17.9. The molecular weight excluding hydrogens is 368 g/mol. The van der Waals surface area contributed by atoms with Gasteiger partial charge in [-0.05, 0) is 18.6 Å². The van der Waals surface area contributed by atoms with Crippen molar-refractivity contribution in [3.8, 4) is 23.6 Å². The molecule has 1 aromatic rings. The minimum Gasteiger partial charge on any atom is -0.497 e. The third kappa shape index (κ3) is 5.10. The number of nitriles is 2. The molecule has 0 aliphatic carbocycles. The molecule has 0 aromatic heterocycles. The van der Waals surface area contributed by atoms with Gasteiger partial charge in [-0.15, -0.1) is 0 Å². The van der Waals surface area contributed by atoms with Gasteiger partial charge in [0.05, 0.1) is 32.3 Å². The smallest absolute Gasteiger partial charge is 0.246 e. The van der Waals surface area contributed by atoms with Crippen molar-refractivity contribution < 1.29 is 17.9 Å². The van der Waals surface area contributed by atoms with Gasteiger partial charge in [0.1, 0.15) is 16.4 Å². The highest BCUT2D eigenvalue weighted by atomic mass is 32.2. The summed E-state index contributed by atoms with van der Waals surface area (Å²) < 4.78 is 37.9. The van der Waals surface area contributed by atoms with Gasteiger partial charge >= 0.3 is 0 Å². The second-order valence-corrected chi connectivity index (χ2v) is 8.15. The molecule has 1 aliphatic rings. The predicted molar refractivity (Wildman–Crippen MR) is 98.7 cm³/mol. The zero-order chi connectivity index (χ0) is 19.9. The van der Waals surface area contributed by atoms with Gasteiger partial charge in [-0.1, -0.05) is 0 Å². The fraction of sp³-hybridized carbons (Fsp3) is 0.556. The van der Waals surface area contributed by atoms with E-state index in [1.807, 2.05) is 0 Å². The summed E-state index contributed by atoms with van der Waals surface area (Å²) in [5.74, 6) is 0.507. The molecule has 0 radical (unpaired) electrons. The molecule has 0 N–H and O–H groups in total. The van der Waals surface area contributed by atoms with Crippen molar-refractivity contribution in [3.63, 3.8) is 0 Å². The fourth-order valence-corrected chi connectivity index (χ4v) is 4.62. The van der Waals surface area contributed by atoms with Crippen LogP contribution in [0.5, 0.6) is 11.5 Å². The number of nitrogens with zero attached hydrogens (tertiary/aromatic N) is 4. The average molecular weight is 392 g/mol. The van der Waals surface area contributed by atoms with E-state index >= 15 is 0 Å². The second kappa shape index (κ2) is 9.56. The summed E-state index contributed by atoms with van der Waals surface area (Å²) in [6.07, 6.45) is 0.884. The number of hydrogen-bond donors (Lipinski definition) is 0. The Morgan fingerprint density at radius 3 is 2.41 bits per heavy atom. The van der Waals surface area contributed by atoms with Gasteiger partial charge in [-0.3, -0.25) is 4.90 Å². The monoisotopic (exact) mass is 392 g/mol. The summed E-state index contributed by atoms with van der Waals surface area (Å²) in [7, 11) is -0.802. The Hall–Kier alpha value is -2.33. The normalized spacial score (nSPS) is 16.9. The van der Waals surface area contributed by atoms with E-state index in [0.717, 1.165) is 0 Å². The lowest BCUT2D eigenvalue weighted by atomic mass is 10.0. The molecule has 1 aromatic carbocycles. The van der Waals surface area contributed by atoms with Crippen molar-refractivity contribution in [2.75, 3.05) is 46.9 Å². The van der Waals surface area contributed by atoms with E-state index in [9.17, 15) is 13.7 Å². The zero-order valence-corrected chi connectivity index (χ0v) is 16.4. The van der Waals surface area contributed by atoms with Crippen molar-refractivity contribution in [2.45, 2.75) is 17.7 Å². The van der Waals surface area contributed by atoms with Crippen LogP contribution in [0.15, 0.2) is 23.1 Å². The Balaban J connectivity index is 2.07.